The second-order valence-electron chi connectivity index (χ2n) is 5.71. The van der Waals surface area contributed by atoms with E-state index in [0.717, 1.165) is 12.1 Å². The molecule has 1 atom stereocenters. The van der Waals surface area contributed by atoms with E-state index in [1.807, 2.05) is 20.8 Å². The van der Waals surface area contributed by atoms with Crippen LogP contribution >= 0.6 is 0 Å². The molecule has 0 bridgehead atoms. The lowest BCUT2D eigenvalue weighted by Gasteiger charge is -2.30. The molecule has 0 fully saturated rings. The molecule has 0 radical (unpaired) electrons. The maximum atomic E-state index is 12.6. The summed E-state index contributed by atoms with van der Waals surface area (Å²) < 4.78 is 37.8. The van der Waals surface area contributed by atoms with Gasteiger partial charge in [-0.05, 0) is 23.6 Å². The minimum atomic E-state index is -4.46. The van der Waals surface area contributed by atoms with E-state index in [1.54, 1.807) is 0 Å². The fourth-order valence-electron chi connectivity index (χ4n) is 1.71. The van der Waals surface area contributed by atoms with Crippen LogP contribution < -0.4 is 11.1 Å². The van der Waals surface area contributed by atoms with Crippen LogP contribution in [0.2, 0.25) is 0 Å². The summed E-state index contributed by atoms with van der Waals surface area (Å²) in [7, 11) is 0. The molecule has 3 nitrogen and oxygen atoms in total. The van der Waals surface area contributed by atoms with E-state index in [9.17, 15) is 18.0 Å². The lowest BCUT2D eigenvalue weighted by atomic mass is 9.86. The molecule has 0 heterocycles. The first-order valence-corrected chi connectivity index (χ1v) is 6.24. The highest BCUT2D eigenvalue weighted by molar-refractivity contribution is 5.94. The van der Waals surface area contributed by atoms with Gasteiger partial charge in [-0.15, -0.1) is 0 Å². The highest BCUT2D eigenvalue weighted by Gasteiger charge is 2.31. The van der Waals surface area contributed by atoms with Crippen LogP contribution in [0.1, 0.15) is 36.7 Å². The minimum absolute atomic E-state index is 0.0254. The molecular formula is C14H19F3N2O. The fourth-order valence-corrected chi connectivity index (χ4v) is 1.71. The van der Waals surface area contributed by atoms with Gasteiger partial charge in [0.25, 0.3) is 5.91 Å². The first kappa shape index (κ1) is 16.5. The number of hydrogen-bond acceptors (Lipinski definition) is 2. The third-order valence-electron chi connectivity index (χ3n) is 3.04. The van der Waals surface area contributed by atoms with E-state index in [0.29, 0.717) is 0 Å². The quantitative estimate of drug-likeness (QED) is 0.898. The summed E-state index contributed by atoms with van der Waals surface area (Å²) in [4.78, 5) is 12.0. The van der Waals surface area contributed by atoms with E-state index in [4.69, 9.17) is 5.73 Å². The van der Waals surface area contributed by atoms with Gasteiger partial charge >= 0.3 is 6.18 Å². The lowest BCUT2D eigenvalue weighted by molar-refractivity contribution is -0.137. The summed E-state index contributed by atoms with van der Waals surface area (Å²) in [5.74, 6) is -0.554. The van der Waals surface area contributed by atoms with Crippen molar-refractivity contribution in [1.82, 2.24) is 5.32 Å². The third kappa shape index (κ3) is 4.23. The largest absolute Gasteiger partial charge is 0.416 e. The van der Waals surface area contributed by atoms with Gasteiger partial charge in [0.2, 0.25) is 0 Å². The van der Waals surface area contributed by atoms with Crippen molar-refractivity contribution in [2.24, 2.45) is 11.1 Å². The smallest absolute Gasteiger partial charge is 0.348 e. The van der Waals surface area contributed by atoms with Crippen molar-refractivity contribution in [2.75, 3.05) is 6.54 Å². The van der Waals surface area contributed by atoms with Crippen LogP contribution in [0.3, 0.4) is 0 Å². The number of carbonyl (C=O) groups is 1. The van der Waals surface area contributed by atoms with Gasteiger partial charge < -0.3 is 11.1 Å². The number of nitrogens with one attached hydrogen (secondary N) is 1. The van der Waals surface area contributed by atoms with Crippen LogP contribution in [-0.4, -0.2) is 18.5 Å². The van der Waals surface area contributed by atoms with Crippen LogP contribution in [0.4, 0.5) is 13.2 Å². The summed E-state index contributed by atoms with van der Waals surface area (Å²) >= 11 is 0. The fraction of sp³-hybridized carbons (Fsp3) is 0.500. The SMILES string of the molecule is CC(C)(C)C(CN)NC(=O)c1cccc(C(F)(F)F)c1. The zero-order chi connectivity index (χ0) is 15.6. The highest BCUT2D eigenvalue weighted by Crippen LogP contribution is 2.29. The average molecular weight is 288 g/mol. The van der Waals surface area contributed by atoms with E-state index < -0.39 is 17.6 Å². The molecular weight excluding hydrogens is 269 g/mol. The zero-order valence-electron chi connectivity index (χ0n) is 11.7. The molecule has 0 spiro atoms. The Morgan fingerprint density at radius 1 is 1.30 bits per heavy atom. The minimum Gasteiger partial charge on any atom is -0.348 e. The normalized spacial score (nSPS) is 13.9. The van der Waals surface area contributed by atoms with Gasteiger partial charge in [-0.25, -0.2) is 0 Å². The van der Waals surface area contributed by atoms with Crippen molar-refractivity contribution in [3.05, 3.63) is 35.4 Å². The monoisotopic (exact) mass is 288 g/mol. The highest BCUT2D eigenvalue weighted by atomic mass is 19.4. The Hall–Kier alpha value is -1.56. The summed E-state index contributed by atoms with van der Waals surface area (Å²) in [6.45, 7) is 5.92. The second-order valence-corrected chi connectivity index (χ2v) is 5.71. The number of benzene rings is 1. The Balaban J connectivity index is 2.93. The number of alkyl halides is 3. The number of amides is 1. The Kier molecular flexibility index (Phi) is 4.81. The van der Waals surface area contributed by atoms with Crippen molar-refractivity contribution in [2.45, 2.75) is 33.0 Å². The molecule has 1 rings (SSSR count). The van der Waals surface area contributed by atoms with E-state index >= 15 is 0 Å². The molecule has 0 aliphatic rings. The maximum Gasteiger partial charge on any atom is 0.416 e. The van der Waals surface area contributed by atoms with Crippen LogP contribution in [0, 0.1) is 5.41 Å². The molecule has 0 aliphatic heterocycles. The van der Waals surface area contributed by atoms with E-state index in [-0.39, 0.29) is 23.6 Å². The second kappa shape index (κ2) is 5.83. The third-order valence-corrected chi connectivity index (χ3v) is 3.04. The standard InChI is InChI=1S/C14H19F3N2O/c1-13(2,3)11(8-18)19-12(20)9-5-4-6-10(7-9)14(15,16)17/h4-7,11H,8,18H2,1-3H3,(H,19,20). The van der Waals surface area contributed by atoms with Crippen LogP contribution in [-0.2, 0) is 6.18 Å². The first-order valence-electron chi connectivity index (χ1n) is 6.24. The summed E-state index contributed by atoms with van der Waals surface area (Å²) in [5, 5.41) is 2.67. The number of nitrogens with two attached hydrogens (primary N) is 1. The van der Waals surface area contributed by atoms with Crippen molar-refractivity contribution >= 4 is 5.91 Å². The number of carbonyl (C=O) groups excluding carboxylic acids is 1. The van der Waals surface area contributed by atoms with Gasteiger partial charge in [-0.1, -0.05) is 26.8 Å². The molecule has 1 aromatic rings. The van der Waals surface area contributed by atoms with Gasteiger partial charge in [-0.2, -0.15) is 13.2 Å². The van der Waals surface area contributed by atoms with Gasteiger partial charge in [0, 0.05) is 18.2 Å². The van der Waals surface area contributed by atoms with Crippen LogP contribution in [0.15, 0.2) is 24.3 Å². The molecule has 0 aromatic heterocycles. The van der Waals surface area contributed by atoms with Crippen molar-refractivity contribution < 1.29 is 18.0 Å². The Morgan fingerprint density at radius 3 is 2.35 bits per heavy atom. The zero-order valence-corrected chi connectivity index (χ0v) is 11.7. The molecule has 3 N–H and O–H groups in total. The maximum absolute atomic E-state index is 12.6. The molecule has 6 heteroatoms. The van der Waals surface area contributed by atoms with Crippen molar-refractivity contribution in [3.63, 3.8) is 0 Å². The first-order chi connectivity index (χ1) is 9.05. The molecule has 0 saturated heterocycles. The number of hydrogen-bond donors (Lipinski definition) is 2. The van der Waals surface area contributed by atoms with Gasteiger partial charge in [0.1, 0.15) is 0 Å². The Bertz CT molecular complexity index is 478. The van der Waals surface area contributed by atoms with E-state index in [1.165, 1.54) is 12.1 Å². The van der Waals surface area contributed by atoms with Crippen molar-refractivity contribution in [1.29, 1.82) is 0 Å². The van der Waals surface area contributed by atoms with Crippen LogP contribution in [0.25, 0.3) is 0 Å². The molecule has 20 heavy (non-hydrogen) atoms. The molecule has 1 aromatic carbocycles. The number of halogens is 3. The molecule has 0 aliphatic carbocycles. The summed E-state index contributed by atoms with van der Waals surface area (Å²) in [6, 6.07) is 4.02. The van der Waals surface area contributed by atoms with Gasteiger partial charge in [-0.3, -0.25) is 4.79 Å². The van der Waals surface area contributed by atoms with Gasteiger partial charge in [0.05, 0.1) is 5.56 Å². The predicted molar refractivity (Wildman–Crippen MR) is 71.2 cm³/mol. The molecule has 0 saturated carbocycles. The van der Waals surface area contributed by atoms with E-state index in [2.05, 4.69) is 5.32 Å². The number of rotatable bonds is 3. The lowest BCUT2D eigenvalue weighted by Crippen LogP contribution is -2.48. The summed E-state index contributed by atoms with van der Waals surface area (Å²) in [5.41, 5.74) is 4.45. The van der Waals surface area contributed by atoms with Crippen LogP contribution in [0.5, 0.6) is 0 Å². The molecule has 1 amide bonds. The molecule has 112 valence electrons. The predicted octanol–water partition coefficient (Wildman–Crippen LogP) is 2.81. The topological polar surface area (TPSA) is 55.1 Å². The summed E-state index contributed by atoms with van der Waals surface area (Å²) in [6.07, 6.45) is -4.46. The molecule has 1 unspecified atom stereocenters. The Labute approximate surface area is 116 Å². The Morgan fingerprint density at radius 2 is 1.90 bits per heavy atom. The van der Waals surface area contributed by atoms with Crippen molar-refractivity contribution in [3.8, 4) is 0 Å². The van der Waals surface area contributed by atoms with Gasteiger partial charge in [0.15, 0.2) is 0 Å². The average Bonchev–Trinajstić information content (AvgIpc) is 2.33.